The van der Waals surface area contributed by atoms with Gasteiger partial charge < -0.3 is 0 Å². The van der Waals surface area contributed by atoms with Gasteiger partial charge in [0.05, 0.1) is 5.56 Å². The van der Waals surface area contributed by atoms with Crippen LogP contribution in [0.3, 0.4) is 0 Å². The van der Waals surface area contributed by atoms with Crippen molar-refractivity contribution < 1.29 is 9.18 Å². The molecule has 1 rings (SSSR count). The molecule has 0 heterocycles. The van der Waals surface area contributed by atoms with E-state index in [9.17, 15) is 9.18 Å². The summed E-state index contributed by atoms with van der Waals surface area (Å²) in [4.78, 5) is 11.3. The number of carbonyl (C=O) groups is 1. The summed E-state index contributed by atoms with van der Waals surface area (Å²) in [6.45, 7) is 6.83. The molecule has 0 saturated carbocycles. The van der Waals surface area contributed by atoms with E-state index in [0.29, 0.717) is 5.57 Å². The van der Waals surface area contributed by atoms with Crippen LogP contribution in [0.2, 0.25) is 0 Å². The Morgan fingerprint density at radius 3 is 2.54 bits per heavy atom. The van der Waals surface area contributed by atoms with Crippen LogP contribution in [-0.2, 0) is 0 Å². The van der Waals surface area contributed by atoms with E-state index in [1.807, 2.05) is 0 Å². The van der Waals surface area contributed by atoms with Gasteiger partial charge in [0, 0.05) is 0 Å². The van der Waals surface area contributed by atoms with Crippen molar-refractivity contribution in [2.45, 2.75) is 13.8 Å². The zero-order valence-electron chi connectivity index (χ0n) is 7.73. The second kappa shape index (κ2) is 3.52. The summed E-state index contributed by atoms with van der Waals surface area (Å²) in [6.07, 6.45) is 0. The lowest BCUT2D eigenvalue weighted by atomic mass is 10.0. The number of hydrogen-bond donors (Lipinski definition) is 0. The summed E-state index contributed by atoms with van der Waals surface area (Å²) < 4.78 is 13.2. The third kappa shape index (κ3) is 2.02. The first-order valence-corrected chi connectivity index (χ1v) is 3.98. The van der Waals surface area contributed by atoms with E-state index >= 15 is 0 Å². The maximum absolute atomic E-state index is 13.2. The summed E-state index contributed by atoms with van der Waals surface area (Å²) in [6, 6.07) is 4.54. The van der Waals surface area contributed by atoms with Crippen LogP contribution in [0.5, 0.6) is 0 Å². The first-order valence-electron chi connectivity index (χ1n) is 3.98. The number of ketones is 1. The molecule has 0 bridgehead atoms. The SMILES string of the molecule is C=C(C)C(=O)c1ccc(C)cc1F. The normalized spacial score (nSPS) is 9.77. The predicted molar refractivity (Wildman–Crippen MR) is 50.3 cm³/mol. The number of rotatable bonds is 2. The highest BCUT2D eigenvalue weighted by molar-refractivity contribution is 6.08. The topological polar surface area (TPSA) is 17.1 Å². The molecule has 0 aliphatic heterocycles. The zero-order valence-corrected chi connectivity index (χ0v) is 7.73. The van der Waals surface area contributed by atoms with Crippen molar-refractivity contribution in [3.63, 3.8) is 0 Å². The highest BCUT2D eigenvalue weighted by Crippen LogP contribution is 2.13. The van der Waals surface area contributed by atoms with Crippen LogP contribution in [0, 0.1) is 12.7 Å². The standard InChI is InChI=1S/C11H11FO/c1-7(2)11(13)9-5-4-8(3)6-10(9)12/h4-6H,1H2,2-3H3. The quantitative estimate of drug-likeness (QED) is 0.502. The van der Waals surface area contributed by atoms with E-state index in [1.165, 1.54) is 12.1 Å². The summed E-state index contributed by atoms with van der Waals surface area (Å²) in [5, 5.41) is 0. The fraction of sp³-hybridized carbons (Fsp3) is 0.182. The van der Waals surface area contributed by atoms with E-state index in [2.05, 4.69) is 6.58 Å². The molecule has 68 valence electrons. The molecular formula is C11H11FO. The third-order valence-electron chi connectivity index (χ3n) is 1.76. The van der Waals surface area contributed by atoms with E-state index in [0.717, 1.165) is 5.56 Å². The minimum absolute atomic E-state index is 0.0955. The van der Waals surface area contributed by atoms with Gasteiger partial charge in [-0.15, -0.1) is 0 Å². The number of carbonyl (C=O) groups excluding carboxylic acids is 1. The average Bonchev–Trinajstić information content (AvgIpc) is 2.03. The summed E-state index contributed by atoms with van der Waals surface area (Å²) in [5.41, 5.74) is 1.25. The summed E-state index contributed by atoms with van der Waals surface area (Å²) in [5.74, 6) is -0.814. The van der Waals surface area contributed by atoms with Crippen molar-refractivity contribution in [2.75, 3.05) is 0 Å². The lowest BCUT2D eigenvalue weighted by Crippen LogP contribution is -2.02. The Balaban J connectivity index is 3.16. The molecule has 0 aliphatic carbocycles. The minimum atomic E-state index is -0.479. The van der Waals surface area contributed by atoms with Crippen molar-refractivity contribution in [3.05, 3.63) is 47.3 Å². The van der Waals surface area contributed by atoms with Crippen molar-refractivity contribution in [2.24, 2.45) is 0 Å². The number of benzene rings is 1. The maximum Gasteiger partial charge on any atom is 0.191 e. The number of allylic oxidation sites excluding steroid dienone is 1. The van der Waals surface area contributed by atoms with Crippen LogP contribution >= 0.6 is 0 Å². The van der Waals surface area contributed by atoms with Gasteiger partial charge in [0.25, 0.3) is 0 Å². The molecule has 0 saturated heterocycles. The van der Waals surface area contributed by atoms with Gasteiger partial charge in [-0.25, -0.2) is 4.39 Å². The first kappa shape index (κ1) is 9.65. The number of hydrogen-bond acceptors (Lipinski definition) is 1. The molecule has 2 heteroatoms. The average molecular weight is 178 g/mol. The molecule has 0 radical (unpaired) electrons. The molecule has 0 unspecified atom stereocenters. The lowest BCUT2D eigenvalue weighted by molar-refractivity contribution is 0.103. The molecule has 1 nitrogen and oxygen atoms in total. The van der Waals surface area contributed by atoms with E-state index in [4.69, 9.17) is 0 Å². The van der Waals surface area contributed by atoms with Gasteiger partial charge in [-0.05, 0) is 37.1 Å². The van der Waals surface area contributed by atoms with Crippen LogP contribution in [0.1, 0.15) is 22.8 Å². The molecule has 0 amide bonds. The monoisotopic (exact) mass is 178 g/mol. The van der Waals surface area contributed by atoms with E-state index < -0.39 is 5.82 Å². The van der Waals surface area contributed by atoms with Crippen LogP contribution in [0.4, 0.5) is 4.39 Å². The molecule has 13 heavy (non-hydrogen) atoms. The van der Waals surface area contributed by atoms with Gasteiger partial charge in [0.1, 0.15) is 5.82 Å². The van der Waals surface area contributed by atoms with E-state index in [-0.39, 0.29) is 11.3 Å². The molecule has 0 spiro atoms. The van der Waals surface area contributed by atoms with Gasteiger partial charge >= 0.3 is 0 Å². The number of halogens is 1. The lowest BCUT2D eigenvalue weighted by Gasteiger charge is -2.02. The van der Waals surface area contributed by atoms with Gasteiger partial charge in [-0.3, -0.25) is 4.79 Å². The summed E-state index contributed by atoms with van der Waals surface area (Å²) in [7, 11) is 0. The smallest absolute Gasteiger partial charge is 0.191 e. The van der Waals surface area contributed by atoms with Crippen molar-refractivity contribution >= 4 is 5.78 Å². The van der Waals surface area contributed by atoms with Crippen LogP contribution in [0.25, 0.3) is 0 Å². The Morgan fingerprint density at radius 1 is 1.46 bits per heavy atom. The maximum atomic E-state index is 13.2. The Labute approximate surface area is 76.9 Å². The molecule has 0 aliphatic rings. The molecule has 1 aromatic carbocycles. The molecule has 1 aromatic rings. The minimum Gasteiger partial charge on any atom is -0.289 e. The molecule has 0 N–H and O–H groups in total. The second-order valence-electron chi connectivity index (χ2n) is 3.09. The fourth-order valence-electron chi connectivity index (χ4n) is 1.03. The molecular weight excluding hydrogens is 167 g/mol. The highest BCUT2D eigenvalue weighted by atomic mass is 19.1. The van der Waals surface area contributed by atoms with Crippen LogP contribution in [-0.4, -0.2) is 5.78 Å². The van der Waals surface area contributed by atoms with Crippen molar-refractivity contribution in [3.8, 4) is 0 Å². The first-order chi connectivity index (χ1) is 6.02. The van der Waals surface area contributed by atoms with Crippen molar-refractivity contribution in [1.29, 1.82) is 0 Å². The van der Waals surface area contributed by atoms with E-state index in [1.54, 1.807) is 19.9 Å². The molecule has 0 aromatic heterocycles. The summed E-state index contributed by atoms with van der Waals surface area (Å²) >= 11 is 0. The Morgan fingerprint density at radius 2 is 2.08 bits per heavy atom. The highest BCUT2D eigenvalue weighted by Gasteiger charge is 2.11. The van der Waals surface area contributed by atoms with Gasteiger partial charge in [0.15, 0.2) is 5.78 Å². The number of Topliss-reactive ketones (excluding diaryl/α,β-unsaturated/α-hetero) is 1. The Hall–Kier alpha value is -1.44. The Kier molecular flexibility index (Phi) is 2.61. The zero-order chi connectivity index (χ0) is 10.0. The predicted octanol–water partition coefficient (Wildman–Crippen LogP) is 2.89. The Bertz CT molecular complexity index is 366. The van der Waals surface area contributed by atoms with Gasteiger partial charge in [-0.1, -0.05) is 12.6 Å². The third-order valence-corrected chi connectivity index (χ3v) is 1.76. The van der Waals surface area contributed by atoms with Gasteiger partial charge in [-0.2, -0.15) is 0 Å². The molecule has 0 fully saturated rings. The van der Waals surface area contributed by atoms with Crippen LogP contribution in [0.15, 0.2) is 30.4 Å². The second-order valence-corrected chi connectivity index (χ2v) is 3.09. The van der Waals surface area contributed by atoms with Crippen LogP contribution < -0.4 is 0 Å². The van der Waals surface area contributed by atoms with Crippen molar-refractivity contribution in [1.82, 2.24) is 0 Å². The molecule has 0 atom stereocenters. The fourth-order valence-corrected chi connectivity index (χ4v) is 1.03. The largest absolute Gasteiger partial charge is 0.289 e. The van der Waals surface area contributed by atoms with Gasteiger partial charge in [0.2, 0.25) is 0 Å². The number of aryl methyl sites for hydroxylation is 1.